The molecule has 1 aromatic carbocycles. The third-order valence-corrected chi connectivity index (χ3v) is 3.73. The minimum atomic E-state index is 0.0150. The number of nitrogen functional groups attached to an aromatic ring is 1. The van der Waals surface area contributed by atoms with Crippen molar-refractivity contribution in [2.45, 2.75) is 19.3 Å². The number of carbonyl (C=O) groups excluding carboxylic acids is 1. The van der Waals surface area contributed by atoms with Crippen LogP contribution in [0.1, 0.15) is 19.3 Å². The lowest BCUT2D eigenvalue weighted by molar-refractivity contribution is -0.116. The Hall–Kier alpha value is -1.59. The zero-order valence-electron chi connectivity index (χ0n) is 11.7. The van der Waals surface area contributed by atoms with Crippen molar-refractivity contribution < 1.29 is 9.90 Å². The third kappa shape index (κ3) is 4.51. The first-order chi connectivity index (χ1) is 9.67. The van der Waals surface area contributed by atoms with Crippen molar-refractivity contribution in [3.05, 3.63) is 24.3 Å². The summed E-state index contributed by atoms with van der Waals surface area (Å²) in [4.78, 5) is 14.2. The number of benzene rings is 1. The van der Waals surface area contributed by atoms with Gasteiger partial charge in [-0.05, 0) is 43.5 Å². The van der Waals surface area contributed by atoms with Gasteiger partial charge in [-0.25, -0.2) is 0 Å². The number of anilines is 2. The summed E-state index contributed by atoms with van der Waals surface area (Å²) in [6.07, 6.45) is 2.48. The van der Waals surface area contributed by atoms with E-state index in [0.717, 1.165) is 38.2 Å². The first kappa shape index (κ1) is 14.8. The molecule has 110 valence electrons. The fourth-order valence-electron chi connectivity index (χ4n) is 2.63. The SMILES string of the molecule is Nc1cccc(NC(=O)CCN2CCC(CCO)C2)c1. The highest BCUT2D eigenvalue weighted by Gasteiger charge is 2.21. The van der Waals surface area contributed by atoms with Crippen molar-refractivity contribution in [1.82, 2.24) is 4.90 Å². The number of likely N-dealkylation sites (tertiary alicyclic amines) is 1. The van der Waals surface area contributed by atoms with Crippen molar-refractivity contribution in [2.24, 2.45) is 5.92 Å². The van der Waals surface area contributed by atoms with E-state index in [1.165, 1.54) is 0 Å². The third-order valence-electron chi connectivity index (χ3n) is 3.73. The second kappa shape index (κ2) is 7.26. The van der Waals surface area contributed by atoms with Crippen molar-refractivity contribution in [3.63, 3.8) is 0 Å². The second-order valence-corrected chi connectivity index (χ2v) is 5.39. The van der Waals surface area contributed by atoms with Crippen molar-refractivity contribution in [1.29, 1.82) is 0 Å². The molecule has 1 fully saturated rings. The Bertz CT molecular complexity index is 450. The minimum Gasteiger partial charge on any atom is -0.399 e. The Balaban J connectivity index is 1.70. The van der Waals surface area contributed by atoms with Gasteiger partial charge in [0.15, 0.2) is 0 Å². The number of aliphatic hydroxyl groups excluding tert-OH is 1. The number of aliphatic hydroxyl groups is 1. The predicted molar refractivity (Wildman–Crippen MR) is 80.4 cm³/mol. The monoisotopic (exact) mass is 277 g/mol. The van der Waals surface area contributed by atoms with Gasteiger partial charge in [0.1, 0.15) is 0 Å². The van der Waals surface area contributed by atoms with Crippen molar-refractivity contribution >= 4 is 17.3 Å². The van der Waals surface area contributed by atoms with Gasteiger partial charge in [-0.15, -0.1) is 0 Å². The standard InChI is InChI=1S/C15H23N3O2/c16-13-2-1-3-14(10-13)17-15(20)5-8-18-7-4-12(11-18)6-9-19/h1-3,10,12,19H,4-9,11,16H2,(H,17,20). The summed E-state index contributed by atoms with van der Waals surface area (Å²) in [6.45, 7) is 3.05. The first-order valence-electron chi connectivity index (χ1n) is 7.16. The number of amides is 1. The van der Waals surface area contributed by atoms with Gasteiger partial charge in [-0.3, -0.25) is 4.79 Å². The molecule has 1 saturated heterocycles. The average molecular weight is 277 g/mol. The largest absolute Gasteiger partial charge is 0.399 e. The lowest BCUT2D eigenvalue weighted by atomic mass is 10.1. The van der Waals surface area contributed by atoms with Gasteiger partial charge >= 0.3 is 0 Å². The number of nitrogens with zero attached hydrogens (tertiary/aromatic N) is 1. The second-order valence-electron chi connectivity index (χ2n) is 5.39. The normalized spacial score (nSPS) is 19.1. The van der Waals surface area contributed by atoms with Gasteiger partial charge < -0.3 is 21.1 Å². The van der Waals surface area contributed by atoms with Crippen LogP contribution in [-0.2, 0) is 4.79 Å². The lowest BCUT2D eigenvalue weighted by Crippen LogP contribution is -2.26. The van der Waals surface area contributed by atoms with Crippen LogP contribution in [0.5, 0.6) is 0 Å². The Labute approximate surface area is 119 Å². The highest BCUT2D eigenvalue weighted by atomic mass is 16.3. The van der Waals surface area contributed by atoms with Crippen molar-refractivity contribution in [2.75, 3.05) is 37.3 Å². The Morgan fingerprint density at radius 1 is 1.50 bits per heavy atom. The molecule has 0 bridgehead atoms. The highest BCUT2D eigenvalue weighted by molar-refractivity contribution is 5.91. The van der Waals surface area contributed by atoms with E-state index in [1.54, 1.807) is 12.1 Å². The van der Waals surface area contributed by atoms with Gasteiger partial charge in [0.25, 0.3) is 0 Å². The molecule has 0 aromatic heterocycles. The molecule has 5 nitrogen and oxygen atoms in total. The maximum absolute atomic E-state index is 11.9. The number of carbonyl (C=O) groups is 1. The van der Waals surface area contributed by atoms with Crippen LogP contribution in [0.2, 0.25) is 0 Å². The summed E-state index contributed by atoms with van der Waals surface area (Å²) >= 11 is 0. The van der Waals surface area contributed by atoms with Crippen molar-refractivity contribution in [3.8, 4) is 0 Å². The fourth-order valence-corrected chi connectivity index (χ4v) is 2.63. The number of hydrogen-bond donors (Lipinski definition) is 3. The first-order valence-corrected chi connectivity index (χ1v) is 7.16. The summed E-state index contributed by atoms with van der Waals surface area (Å²) in [5.74, 6) is 0.596. The molecule has 1 unspecified atom stereocenters. The van der Waals surface area contributed by atoms with E-state index < -0.39 is 0 Å². The molecule has 0 saturated carbocycles. The molecule has 1 atom stereocenters. The van der Waals surface area contributed by atoms with E-state index in [2.05, 4.69) is 10.2 Å². The van der Waals surface area contributed by atoms with Gasteiger partial charge in [-0.2, -0.15) is 0 Å². The molecule has 4 N–H and O–H groups in total. The topological polar surface area (TPSA) is 78.6 Å². The van der Waals surface area contributed by atoms with Crippen LogP contribution in [0.4, 0.5) is 11.4 Å². The smallest absolute Gasteiger partial charge is 0.225 e. The van der Waals surface area contributed by atoms with E-state index in [1.807, 2.05) is 12.1 Å². The van der Waals surface area contributed by atoms with Crippen LogP contribution in [-0.4, -0.2) is 42.2 Å². The van der Waals surface area contributed by atoms with Gasteiger partial charge in [0.2, 0.25) is 5.91 Å². The number of nitrogens with two attached hydrogens (primary N) is 1. The summed E-state index contributed by atoms with van der Waals surface area (Å²) in [5.41, 5.74) is 7.06. The molecular weight excluding hydrogens is 254 g/mol. The maximum atomic E-state index is 11.9. The molecule has 1 heterocycles. The van der Waals surface area contributed by atoms with Crippen LogP contribution in [0.15, 0.2) is 24.3 Å². The zero-order valence-corrected chi connectivity index (χ0v) is 11.7. The number of rotatable bonds is 6. The van der Waals surface area contributed by atoms with E-state index in [4.69, 9.17) is 10.8 Å². The van der Waals surface area contributed by atoms with Crippen LogP contribution in [0.25, 0.3) is 0 Å². The fraction of sp³-hybridized carbons (Fsp3) is 0.533. The minimum absolute atomic E-state index is 0.0150. The lowest BCUT2D eigenvalue weighted by Gasteiger charge is -2.15. The highest BCUT2D eigenvalue weighted by Crippen LogP contribution is 2.19. The molecule has 0 radical (unpaired) electrons. The molecule has 5 heteroatoms. The van der Waals surface area contributed by atoms with Gasteiger partial charge in [-0.1, -0.05) is 6.07 Å². The van der Waals surface area contributed by atoms with Crippen LogP contribution < -0.4 is 11.1 Å². The van der Waals surface area contributed by atoms with E-state index >= 15 is 0 Å². The molecule has 2 rings (SSSR count). The van der Waals surface area contributed by atoms with Gasteiger partial charge in [0, 0.05) is 37.5 Å². The maximum Gasteiger partial charge on any atom is 0.225 e. The molecule has 0 aliphatic carbocycles. The van der Waals surface area contributed by atoms with Crippen LogP contribution in [0, 0.1) is 5.92 Å². The van der Waals surface area contributed by atoms with E-state index in [0.29, 0.717) is 18.0 Å². The number of nitrogens with one attached hydrogen (secondary N) is 1. The Morgan fingerprint density at radius 2 is 2.35 bits per heavy atom. The van der Waals surface area contributed by atoms with Crippen LogP contribution in [0.3, 0.4) is 0 Å². The Morgan fingerprint density at radius 3 is 3.10 bits per heavy atom. The molecule has 20 heavy (non-hydrogen) atoms. The average Bonchev–Trinajstić information content (AvgIpc) is 2.85. The molecule has 1 aliphatic rings. The van der Waals surface area contributed by atoms with Gasteiger partial charge in [0.05, 0.1) is 0 Å². The van der Waals surface area contributed by atoms with Crippen LogP contribution >= 0.6 is 0 Å². The molecule has 0 spiro atoms. The number of hydrogen-bond acceptors (Lipinski definition) is 4. The summed E-state index contributed by atoms with van der Waals surface area (Å²) in [7, 11) is 0. The zero-order chi connectivity index (χ0) is 14.4. The molecular formula is C15H23N3O2. The Kier molecular flexibility index (Phi) is 5.38. The molecule has 1 aromatic rings. The molecule has 1 aliphatic heterocycles. The van der Waals surface area contributed by atoms with E-state index in [-0.39, 0.29) is 12.5 Å². The summed E-state index contributed by atoms with van der Waals surface area (Å²) < 4.78 is 0. The molecule has 1 amide bonds. The summed E-state index contributed by atoms with van der Waals surface area (Å²) in [6, 6.07) is 7.21. The van der Waals surface area contributed by atoms with E-state index in [9.17, 15) is 4.79 Å². The quantitative estimate of drug-likeness (QED) is 0.685. The predicted octanol–water partition coefficient (Wildman–Crippen LogP) is 1.30. The summed E-state index contributed by atoms with van der Waals surface area (Å²) in [5, 5.41) is 11.8.